The van der Waals surface area contributed by atoms with Crippen molar-refractivity contribution in [2.45, 2.75) is 55.9 Å². The number of hydrogen-bond donors (Lipinski definition) is 1. The first kappa shape index (κ1) is 24.2. The highest BCUT2D eigenvalue weighted by molar-refractivity contribution is 5.85. The zero-order valence-electron chi connectivity index (χ0n) is 18.3. The number of piperidine rings is 1. The van der Waals surface area contributed by atoms with Crippen LogP contribution in [-0.4, -0.2) is 35.1 Å². The number of likely N-dealkylation sites (tertiary alicyclic amines) is 1. The molecule has 0 aromatic heterocycles. The molecule has 4 nitrogen and oxygen atoms in total. The molecule has 2 aromatic carbocycles. The second-order valence-electron chi connectivity index (χ2n) is 9.22. The number of nitrogens with zero attached hydrogens (tertiary/aromatic N) is 2. The highest BCUT2D eigenvalue weighted by Crippen LogP contribution is 2.44. The van der Waals surface area contributed by atoms with Gasteiger partial charge in [-0.05, 0) is 67.8 Å². The molecular formula is C26H30ClFN2O2. The minimum Gasteiger partial charge on any atom is -0.481 e. The van der Waals surface area contributed by atoms with E-state index in [2.05, 4.69) is 11.0 Å². The lowest BCUT2D eigenvalue weighted by molar-refractivity contribution is -0.149. The van der Waals surface area contributed by atoms with E-state index in [1.54, 1.807) is 12.1 Å². The lowest BCUT2D eigenvalue weighted by Gasteiger charge is -2.48. The molecule has 0 bridgehead atoms. The maximum Gasteiger partial charge on any atom is 0.314 e. The van der Waals surface area contributed by atoms with E-state index in [0.717, 1.165) is 49.9 Å². The van der Waals surface area contributed by atoms with E-state index in [1.165, 1.54) is 12.1 Å². The molecule has 0 radical (unpaired) electrons. The Hall–Kier alpha value is -2.42. The number of nitriles is 1. The summed E-state index contributed by atoms with van der Waals surface area (Å²) in [5.41, 5.74) is 0.381. The van der Waals surface area contributed by atoms with E-state index < -0.39 is 16.8 Å². The molecule has 2 atom stereocenters. The van der Waals surface area contributed by atoms with Gasteiger partial charge in [-0.3, -0.25) is 4.79 Å². The molecule has 0 spiro atoms. The van der Waals surface area contributed by atoms with Gasteiger partial charge in [-0.15, -0.1) is 12.4 Å². The van der Waals surface area contributed by atoms with Gasteiger partial charge in [-0.25, -0.2) is 4.39 Å². The van der Waals surface area contributed by atoms with Gasteiger partial charge in [0.1, 0.15) is 5.82 Å². The van der Waals surface area contributed by atoms with Gasteiger partial charge in [-0.1, -0.05) is 49.4 Å². The van der Waals surface area contributed by atoms with Gasteiger partial charge in [0.05, 0.1) is 16.9 Å². The van der Waals surface area contributed by atoms with Crippen LogP contribution >= 0.6 is 12.4 Å². The third-order valence-electron chi connectivity index (χ3n) is 7.75. The van der Waals surface area contributed by atoms with Crippen LogP contribution in [0.25, 0.3) is 0 Å². The highest BCUT2D eigenvalue weighted by atomic mass is 35.5. The van der Waals surface area contributed by atoms with Gasteiger partial charge in [0, 0.05) is 12.6 Å². The fourth-order valence-corrected chi connectivity index (χ4v) is 5.80. The lowest BCUT2D eigenvalue weighted by Crippen LogP contribution is -2.56. The van der Waals surface area contributed by atoms with Crippen LogP contribution in [0.1, 0.15) is 50.2 Å². The van der Waals surface area contributed by atoms with E-state index in [1.807, 2.05) is 37.3 Å². The molecule has 32 heavy (non-hydrogen) atoms. The second-order valence-corrected chi connectivity index (χ2v) is 9.22. The Labute approximate surface area is 195 Å². The summed E-state index contributed by atoms with van der Waals surface area (Å²) in [5.74, 6) is -1.04. The predicted molar refractivity (Wildman–Crippen MR) is 124 cm³/mol. The molecule has 2 aliphatic rings. The number of carboxylic acid groups (broad SMARTS) is 1. The monoisotopic (exact) mass is 456 g/mol. The van der Waals surface area contributed by atoms with Crippen molar-refractivity contribution in [2.24, 2.45) is 5.92 Å². The smallest absolute Gasteiger partial charge is 0.314 e. The van der Waals surface area contributed by atoms with E-state index in [4.69, 9.17) is 0 Å². The highest BCUT2D eigenvalue weighted by Gasteiger charge is 2.50. The number of halogens is 2. The van der Waals surface area contributed by atoms with E-state index in [0.29, 0.717) is 12.5 Å². The van der Waals surface area contributed by atoms with E-state index >= 15 is 0 Å². The summed E-state index contributed by atoms with van der Waals surface area (Å²) in [5, 5.41) is 20.1. The van der Waals surface area contributed by atoms with Crippen LogP contribution in [0.4, 0.5) is 4.39 Å². The maximum atomic E-state index is 13.3. The van der Waals surface area contributed by atoms with Gasteiger partial charge < -0.3 is 10.0 Å². The lowest BCUT2D eigenvalue weighted by atomic mass is 9.65. The van der Waals surface area contributed by atoms with Crippen LogP contribution in [-0.2, 0) is 15.6 Å². The Balaban J connectivity index is 0.00000289. The molecule has 1 heterocycles. The zero-order valence-corrected chi connectivity index (χ0v) is 19.2. The Morgan fingerprint density at radius 1 is 1.06 bits per heavy atom. The maximum absolute atomic E-state index is 13.3. The van der Waals surface area contributed by atoms with Crippen LogP contribution < -0.4 is 0 Å². The summed E-state index contributed by atoms with van der Waals surface area (Å²) in [6.07, 6.45) is 3.86. The van der Waals surface area contributed by atoms with Crippen LogP contribution in [0.3, 0.4) is 0 Å². The number of carbonyl (C=O) groups is 1. The predicted octanol–water partition coefficient (Wildman–Crippen LogP) is 5.32. The number of aliphatic carboxylic acids is 1. The first-order chi connectivity index (χ1) is 14.9. The Bertz CT molecular complexity index is 968. The number of hydrogen-bond acceptors (Lipinski definition) is 3. The minimum absolute atomic E-state index is 0. The van der Waals surface area contributed by atoms with Crippen molar-refractivity contribution in [3.05, 3.63) is 71.5 Å². The summed E-state index contributed by atoms with van der Waals surface area (Å²) in [6, 6.07) is 18.8. The van der Waals surface area contributed by atoms with Crippen LogP contribution in [0.15, 0.2) is 54.6 Å². The molecule has 0 amide bonds. The first-order valence-electron chi connectivity index (χ1n) is 11.1. The van der Waals surface area contributed by atoms with Crippen LogP contribution in [0.5, 0.6) is 0 Å². The molecule has 1 aliphatic heterocycles. The third kappa shape index (κ3) is 4.14. The average molecular weight is 457 g/mol. The van der Waals surface area contributed by atoms with Crippen molar-refractivity contribution in [2.75, 3.05) is 13.1 Å². The third-order valence-corrected chi connectivity index (χ3v) is 7.75. The summed E-state index contributed by atoms with van der Waals surface area (Å²) in [7, 11) is 0. The van der Waals surface area contributed by atoms with Crippen molar-refractivity contribution in [3.63, 3.8) is 0 Å². The molecule has 1 aliphatic carbocycles. The normalized spacial score (nSPS) is 30.7. The summed E-state index contributed by atoms with van der Waals surface area (Å²) < 4.78 is 13.3. The molecule has 6 heteroatoms. The fraction of sp³-hybridized carbons (Fsp3) is 0.462. The van der Waals surface area contributed by atoms with Gasteiger partial charge >= 0.3 is 5.97 Å². The largest absolute Gasteiger partial charge is 0.481 e. The first-order valence-corrected chi connectivity index (χ1v) is 11.1. The molecule has 4 rings (SSSR count). The number of carboxylic acids is 1. The Morgan fingerprint density at radius 3 is 2.22 bits per heavy atom. The Kier molecular flexibility index (Phi) is 7.27. The topological polar surface area (TPSA) is 64.3 Å². The zero-order chi connectivity index (χ0) is 22.1. The molecule has 170 valence electrons. The molecule has 0 unspecified atom stereocenters. The van der Waals surface area contributed by atoms with Gasteiger partial charge in [0.15, 0.2) is 0 Å². The van der Waals surface area contributed by atoms with E-state index in [9.17, 15) is 19.6 Å². The SMILES string of the molecule is C[C@H]1CN(C2CCC(C#N)(c3ccc(F)cc3)CC2)CC[C@@]1(C(=O)O)c1ccccc1.Cl. The van der Waals surface area contributed by atoms with Gasteiger partial charge in [0.2, 0.25) is 0 Å². The molecular weight excluding hydrogens is 427 g/mol. The molecule has 2 fully saturated rings. The Morgan fingerprint density at radius 2 is 1.69 bits per heavy atom. The van der Waals surface area contributed by atoms with Gasteiger partial charge in [0.25, 0.3) is 0 Å². The quantitative estimate of drug-likeness (QED) is 0.676. The van der Waals surface area contributed by atoms with Crippen molar-refractivity contribution >= 4 is 18.4 Å². The molecule has 2 aromatic rings. The van der Waals surface area contributed by atoms with Crippen LogP contribution in [0, 0.1) is 23.1 Å². The number of rotatable bonds is 4. The summed E-state index contributed by atoms with van der Waals surface area (Å²) in [6.45, 7) is 3.53. The second kappa shape index (κ2) is 9.60. The summed E-state index contributed by atoms with van der Waals surface area (Å²) in [4.78, 5) is 14.8. The summed E-state index contributed by atoms with van der Waals surface area (Å²) >= 11 is 0. The van der Waals surface area contributed by atoms with E-state index in [-0.39, 0.29) is 24.1 Å². The number of benzene rings is 2. The van der Waals surface area contributed by atoms with Crippen molar-refractivity contribution in [1.29, 1.82) is 5.26 Å². The average Bonchev–Trinajstić information content (AvgIpc) is 2.80. The molecule has 1 N–H and O–H groups in total. The molecule has 1 saturated heterocycles. The van der Waals surface area contributed by atoms with Crippen molar-refractivity contribution in [3.8, 4) is 6.07 Å². The molecule has 1 saturated carbocycles. The van der Waals surface area contributed by atoms with Crippen molar-refractivity contribution < 1.29 is 14.3 Å². The van der Waals surface area contributed by atoms with Crippen molar-refractivity contribution in [1.82, 2.24) is 4.90 Å². The fourth-order valence-electron chi connectivity index (χ4n) is 5.80. The van der Waals surface area contributed by atoms with Gasteiger partial charge in [-0.2, -0.15) is 5.26 Å². The standard InChI is InChI=1S/C26H29FN2O2.ClH/c1-19-17-29(16-15-26(19,24(30)31)21-5-3-2-4-6-21)23-11-13-25(18-28,14-12-23)20-7-9-22(27)10-8-20;/h2-10,19,23H,11-17H2,1H3,(H,30,31);1H/t19-,23?,25?,26-;/m0./s1. The minimum atomic E-state index is -0.850. The van der Waals surface area contributed by atoms with Crippen LogP contribution in [0.2, 0.25) is 0 Å².